The summed E-state index contributed by atoms with van der Waals surface area (Å²) in [4.78, 5) is 33.0. The molecule has 27 heavy (non-hydrogen) atoms. The van der Waals surface area contributed by atoms with Crippen LogP contribution in [0.15, 0.2) is 24.8 Å². The molecule has 0 aromatic carbocycles. The lowest BCUT2D eigenvalue weighted by atomic mass is 10.1. The van der Waals surface area contributed by atoms with E-state index in [4.69, 9.17) is 10.5 Å². The third kappa shape index (κ3) is 3.04. The number of ether oxygens (including phenoxy) is 1. The van der Waals surface area contributed by atoms with Gasteiger partial charge >= 0.3 is 0 Å². The number of fused-ring (bicyclic) bond motifs is 2. The molecule has 140 valence electrons. The Balaban J connectivity index is 1.64. The average Bonchev–Trinajstić information content (AvgIpc) is 3.24. The maximum Gasteiger partial charge on any atom is 0.270 e. The SMILES string of the molecule is COCc1nn2c(C(=O)NC3CCc4cncn4C3)ccnc2c1C(N)=O. The number of hydrogen-bond acceptors (Lipinski definition) is 6. The number of imidazole rings is 1. The van der Waals surface area contributed by atoms with Crippen LogP contribution in [-0.4, -0.2) is 49.1 Å². The summed E-state index contributed by atoms with van der Waals surface area (Å²) in [7, 11) is 1.49. The number of carbonyl (C=O) groups is 2. The van der Waals surface area contributed by atoms with Crippen LogP contribution in [-0.2, 0) is 24.3 Å². The smallest absolute Gasteiger partial charge is 0.270 e. The number of nitrogens with zero attached hydrogens (tertiary/aromatic N) is 5. The van der Waals surface area contributed by atoms with Gasteiger partial charge in [-0.2, -0.15) is 5.10 Å². The second-order valence-electron chi connectivity index (χ2n) is 6.43. The highest BCUT2D eigenvalue weighted by molar-refractivity contribution is 6.01. The van der Waals surface area contributed by atoms with E-state index in [0.29, 0.717) is 12.2 Å². The fourth-order valence-corrected chi connectivity index (χ4v) is 3.40. The summed E-state index contributed by atoms with van der Waals surface area (Å²) >= 11 is 0. The molecule has 0 spiro atoms. The second-order valence-corrected chi connectivity index (χ2v) is 6.43. The van der Waals surface area contributed by atoms with Crippen molar-refractivity contribution in [1.29, 1.82) is 0 Å². The van der Waals surface area contributed by atoms with E-state index in [1.807, 2.05) is 10.8 Å². The molecule has 1 aliphatic heterocycles. The van der Waals surface area contributed by atoms with Crippen LogP contribution in [0.2, 0.25) is 0 Å². The van der Waals surface area contributed by atoms with Gasteiger partial charge in [-0.15, -0.1) is 0 Å². The molecule has 0 fully saturated rings. The molecule has 3 aromatic rings. The number of primary amides is 1. The van der Waals surface area contributed by atoms with Crippen molar-refractivity contribution in [3.05, 3.63) is 47.4 Å². The predicted octanol–water partition coefficient (Wildman–Crippen LogP) is -0.0841. The Morgan fingerprint density at radius 2 is 2.30 bits per heavy atom. The molecule has 10 heteroatoms. The highest BCUT2D eigenvalue weighted by atomic mass is 16.5. The van der Waals surface area contributed by atoms with Gasteiger partial charge in [0.05, 0.1) is 12.9 Å². The Hall–Kier alpha value is -3.27. The van der Waals surface area contributed by atoms with Gasteiger partial charge in [-0.1, -0.05) is 0 Å². The van der Waals surface area contributed by atoms with Crippen LogP contribution in [0.4, 0.5) is 0 Å². The topological polar surface area (TPSA) is 129 Å². The zero-order valence-electron chi connectivity index (χ0n) is 14.8. The summed E-state index contributed by atoms with van der Waals surface area (Å²) in [6.07, 6.45) is 6.75. The van der Waals surface area contributed by atoms with Gasteiger partial charge in [-0.3, -0.25) is 9.59 Å². The summed E-state index contributed by atoms with van der Waals surface area (Å²) in [5.41, 5.74) is 7.65. The van der Waals surface area contributed by atoms with Crippen LogP contribution in [0.1, 0.15) is 38.7 Å². The van der Waals surface area contributed by atoms with Gasteiger partial charge in [-0.25, -0.2) is 14.5 Å². The fourth-order valence-electron chi connectivity index (χ4n) is 3.40. The number of aryl methyl sites for hydroxylation is 1. The van der Waals surface area contributed by atoms with Gasteiger partial charge in [0.2, 0.25) is 0 Å². The number of hydrogen-bond donors (Lipinski definition) is 2. The van der Waals surface area contributed by atoms with Crippen molar-refractivity contribution in [2.45, 2.75) is 32.0 Å². The quantitative estimate of drug-likeness (QED) is 0.647. The van der Waals surface area contributed by atoms with Crippen molar-refractivity contribution >= 4 is 17.5 Å². The van der Waals surface area contributed by atoms with E-state index in [1.54, 1.807) is 12.4 Å². The molecule has 1 aliphatic rings. The normalized spacial score (nSPS) is 16.3. The summed E-state index contributed by atoms with van der Waals surface area (Å²) in [6.45, 7) is 0.755. The van der Waals surface area contributed by atoms with Crippen LogP contribution in [0.3, 0.4) is 0 Å². The first kappa shape index (κ1) is 17.2. The zero-order valence-corrected chi connectivity index (χ0v) is 14.8. The molecule has 0 saturated heterocycles. The zero-order chi connectivity index (χ0) is 19.0. The van der Waals surface area contributed by atoms with Crippen LogP contribution >= 0.6 is 0 Å². The third-order valence-electron chi connectivity index (χ3n) is 4.65. The van der Waals surface area contributed by atoms with Gasteiger partial charge in [0, 0.05) is 37.8 Å². The Morgan fingerprint density at radius 1 is 1.44 bits per heavy atom. The molecule has 4 heterocycles. The van der Waals surface area contributed by atoms with Gasteiger partial charge in [0.15, 0.2) is 5.65 Å². The maximum atomic E-state index is 12.9. The van der Waals surface area contributed by atoms with Gasteiger partial charge in [0.25, 0.3) is 11.8 Å². The van der Waals surface area contributed by atoms with E-state index in [0.717, 1.165) is 18.5 Å². The van der Waals surface area contributed by atoms with Crippen molar-refractivity contribution in [3.8, 4) is 0 Å². The number of rotatable bonds is 5. The van der Waals surface area contributed by atoms with Crippen molar-refractivity contribution in [2.24, 2.45) is 5.73 Å². The highest BCUT2D eigenvalue weighted by Crippen LogP contribution is 2.18. The molecule has 10 nitrogen and oxygen atoms in total. The standard InChI is InChI=1S/C17H19N7O3/c1-27-8-12-14(15(18)25)16-20-5-4-13(24(16)22-12)17(26)21-10-2-3-11-6-19-9-23(11)7-10/h4-6,9-10H,2-3,7-8H2,1H3,(H2,18,25)(H,21,26). The van der Waals surface area contributed by atoms with Crippen molar-refractivity contribution < 1.29 is 14.3 Å². The number of nitrogens with one attached hydrogen (secondary N) is 1. The number of nitrogens with two attached hydrogens (primary N) is 1. The van der Waals surface area contributed by atoms with E-state index in [2.05, 4.69) is 20.4 Å². The van der Waals surface area contributed by atoms with E-state index >= 15 is 0 Å². The first-order valence-electron chi connectivity index (χ1n) is 8.53. The molecule has 0 saturated carbocycles. The minimum Gasteiger partial charge on any atom is -0.378 e. The minimum atomic E-state index is -0.665. The molecular weight excluding hydrogens is 350 g/mol. The lowest BCUT2D eigenvalue weighted by molar-refractivity contribution is 0.0918. The van der Waals surface area contributed by atoms with Gasteiger partial charge in [-0.05, 0) is 18.9 Å². The van der Waals surface area contributed by atoms with E-state index < -0.39 is 5.91 Å². The Bertz CT molecular complexity index is 1020. The Labute approximate surface area is 154 Å². The summed E-state index contributed by atoms with van der Waals surface area (Å²) in [6, 6.07) is 1.54. The first-order chi connectivity index (χ1) is 13.1. The number of amides is 2. The molecule has 4 rings (SSSR count). The van der Waals surface area contributed by atoms with E-state index in [-0.39, 0.29) is 35.5 Å². The maximum absolute atomic E-state index is 12.9. The van der Waals surface area contributed by atoms with Gasteiger partial charge in [0.1, 0.15) is 17.0 Å². The van der Waals surface area contributed by atoms with Crippen molar-refractivity contribution in [3.63, 3.8) is 0 Å². The number of methoxy groups -OCH3 is 1. The second kappa shape index (κ2) is 6.80. The molecular formula is C17H19N7O3. The van der Waals surface area contributed by atoms with Crippen molar-refractivity contribution in [1.82, 2.24) is 29.5 Å². The largest absolute Gasteiger partial charge is 0.378 e. The summed E-state index contributed by atoms with van der Waals surface area (Å²) in [5.74, 6) is -0.958. The van der Waals surface area contributed by atoms with E-state index in [1.165, 1.54) is 17.8 Å². The molecule has 3 aromatic heterocycles. The summed E-state index contributed by atoms with van der Waals surface area (Å²) in [5, 5.41) is 7.34. The molecule has 1 atom stereocenters. The Morgan fingerprint density at radius 3 is 3.07 bits per heavy atom. The molecule has 3 N–H and O–H groups in total. The number of aromatic nitrogens is 5. The van der Waals surface area contributed by atoms with Crippen LogP contribution in [0.25, 0.3) is 5.65 Å². The third-order valence-corrected chi connectivity index (χ3v) is 4.65. The monoisotopic (exact) mass is 369 g/mol. The van der Waals surface area contributed by atoms with Crippen molar-refractivity contribution in [2.75, 3.05) is 7.11 Å². The van der Waals surface area contributed by atoms with Crippen LogP contribution in [0, 0.1) is 0 Å². The molecule has 1 unspecified atom stereocenters. The molecule has 0 radical (unpaired) electrons. The number of carbonyl (C=O) groups excluding carboxylic acids is 2. The molecule has 0 aliphatic carbocycles. The minimum absolute atomic E-state index is 0.0213. The van der Waals surface area contributed by atoms with Crippen LogP contribution < -0.4 is 11.1 Å². The van der Waals surface area contributed by atoms with Crippen LogP contribution in [0.5, 0.6) is 0 Å². The lowest BCUT2D eigenvalue weighted by Gasteiger charge is -2.25. The average molecular weight is 369 g/mol. The van der Waals surface area contributed by atoms with Gasteiger partial charge < -0.3 is 20.4 Å². The molecule has 0 bridgehead atoms. The van der Waals surface area contributed by atoms with E-state index in [9.17, 15) is 9.59 Å². The lowest BCUT2D eigenvalue weighted by Crippen LogP contribution is -2.41. The predicted molar refractivity (Wildman–Crippen MR) is 94.0 cm³/mol. The summed E-state index contributed by atoms with van der Waals surface area (Å²) < 4.78 is 8.45. The first-order valence-corrected chi connectivity index (χ1v) is 8.53. The Kier molecular flexibility index (Phi) is 4.32. The molecule has 2 amide bonds. The highest BCUT2D eigenvalue weighted by Gasteiger charge is 2.25. The fraction of sp³-hybridized carbons (Fsp3) is 0.353.